The van der Waals surface area contributed by atoms with Gasteiger partial charge in [-0.15, -0.1) is 0 Å². The zero-order valence-corrected chi connectivity index (χ0v) is 14.7. The highest BCUT2D eigenvalue weighted by Gasteiger charge is 2.16. The summed E-state index contributed by atoms with van der Waals surface area (Å²) in [7, 11) is 1.33. The van der Waals surface area contributed by atoms with Crippen LogP contribution in [0.25, 0.3) is 11.3 Å². The van der Waals surface area contributed by atoms with Crippen molar-refractivity contribution in [2.45, 2.75) is 13.2 Å². The van der Waals surface area contributed by atoms with Gasteiger partial charge < -0.3 is 14.8 Å². The van der Waals surface area contributed by atoms with E-state index < -0.39 is 12.5 Å². The number of nitrogens with zero attached hydrogens (tertiary/aromatic N) is 1. The summed E-state index contributed by atoms with van der Waals surface area (Å²) in [4.78, 5) is 12.5. The number of carbonyl (C=O) groups is 1. The van der Waals surface area contributed by atoms with Gasteiger partial charge in [0.05, 0.1) is 24.6 Å². The lowest BCUT2D eigenvalue weighted by Gasteiger charge is -2.12. The van der Waals surface area contributed by atoms with Crippen LogP contribution in [0.2, 0.25) is 0 Å². The second-order valence-electron chi connectivity index (χ2n) is 5.71. The lowest BCUT2D eigenvalue weighted by Crippen LogP contribution is -2.23. The largest absolute Gasteiger partial charge is 0.493 e. The molecule has 2 aromatic carbocycles. The highest BCUT2D eigenvalue weighted by Crippen LogP contribution is 2.29. The van der Waals surface area contributed by atoms with Crippen LogP contribution in [-0.4, -0.2) is 29.8 Å². The third-order valence-electron chi connectivity index (χ3n) is 3.91. The Morgan fingerprint density at radius 2 is 1.93 bits per heavy atom. The van der Waals surface area contributed by atoms with Crippen molar-refractivity contribution in [3.8, 4) is 22.8 Å². The third kappa shape index (κ3) is 4.43. The van der Waals surface area contributed by atoms with E-state index in [2.05, 4.69) is 20.3 Å². The second-order valence-corrected chi connectivity index (χ2v) is 5.71. The smallest absolute Gasteiger partial charge is 0.387 e. The van der Waals surface area contributed by atoms with Crippen LogP contribution in [0, 0.1) is 5.82 Å². The highest BCUT2D eigenvalue weighted by atomic mass is 19.3. The fraction of sp³-hybridized carbons (Fsp3) is 0.158. The maximum Gasteiger partial charge on any atom is 0.387 e. The molecule has 0 radical (unpaired) electrons. The molecule has 1 aromatic heterocycles. The molecule has 0 saturated carbocycles. The van der Waals surface area contributed by atoms with Gasteiger partial charge >= 0.3 is 6.61 Å². The van der Waals surface area contributed by atoms with Crippen molar-refractivity contribution >= 4 is 5.91 Å². The van der Waals surface area contributed by atoms with Crippen molar-refractivity contribution in [1.82, 2.24) is 15.5 Å². The Hall–Kier alpha value is -3.49. The molecule has 0 aliphatic rings. The average Bonchev–Trinajstić information content (AvgIpc) is 3.17. The highest BCUT2D eigenvalue weighted by molar-refractivity contribution is 5.99. The van der Waals surface area contributed by atoms with Gasteiger partial charge in [0, 0.05) is 12.1 Å². The van der Waals surface area contributed by atoms with E-state index in [9.17, 15) is 18.0 Å². The van der Waals surface area contributed by atoms with Crippen LogP contribution < -0.4 is 14.8 Å². The van der Waals surface area contributed by atoms with Gasteiger partial charge in [-0.25, -0.2) is 4.39 Å². The van der Waals surface area contributed by atoms with Gasteiger partial charge in [0.2, 0.25) is 0 Å². The summed E-state index contributed by atoms with van der Waals surface area (Å²) < 4.78 is 47.3. The summed E-state index contributed by atoms with van der Waals surface area (Å²) in [5.41, 5.74) is 1.98. The first kappa shape index (κ1) is 19.3. The van der Waals surface area contributed by atoms with Crippen molar-refractivity contribution in [2.24, 2.45) is 0 Å². The minimum absolute atomic E-state index is 0.0963. The molecule has 2 N–H and O–H groups in total. The number of ether oxygens (including phenoxy) is 2. The zero-order chi connectivity index (χ0) is 20.1. The van der Waals surface area contributed by atoms with Gasteiger partial charge in [-0.2, -0.15) is 13.9 Å². The number of rotatable bonds is 7. The first-order valence-electron chi connectivity index (χ1n) is 8.17. The predicted octanol–water partition coefficient (Wildman–Crippen LogP) is 3.76. The molecular formula is C19H16F3N3O3. The third-order valence-corrected chi connectivity index (χ3v) is 3.91. The molecule has 0 aliphatic carbocycles. The number of hydrogen-bond acceptors (Lipinski definition) is 4. The number of hydrogen-bond donors (Lipinski definition) is 2. The van der Waals surface area contributed by atoms with Gasteiger partial charge in [0.1, 0.15) is 5.82 Å². The SMILES string of the molecule is COc1cc(CNC(=O)c2cn[nH]c2-c2ccc(F)cc2)ccc1OC(F)F. The Kier molecular flexibility index (Phi) is 5.83. The Labute approximate surface area is 158 Å². The standard InChI is InChI=1S/C19H16F3N3O3/c1-27-16-8-11(2-7-15(16)28-19(21)22)9-23-18(26)14-10-24-25-17(14)12-3-5-13(20)6-4-12/h2-8,10,19H,9H2,1H3,(H,23,26)(H,24,25). The number of H-pyrrole nitrogens is 1. The van der Waals surface area contributed by atoms with Crippen LogP contribution in [0.15, 0.2) is 48.7 Å². The summed E-state index contributed by atoms with van der Waals surface area (Å²) in [6, 6.07) is 10.0. The molecule has 0 unspecified atom stereocenters. The number of benzene rings is 2. The molecule has 3 rings (SSSR count). The van der Waals surface area contributed by atoms with Gasteiger partial charge in [-0.1, -0.05) is 6.07 Å². The first-order chi connectivity index (χ1) is 13.5. The Morgan fingerprint density at radius 1 is 1.18 bits per heavy atom. The van der Waals surface area contributed by atoms with E-state index in [4.69, 9.17) is 4.74 Å². The van der Waals surface area contributed by atoms with Crippen molar-refractivity contribution in [3.63, 3.8) is 0 Å². The number of methoxy groups -OCH3 is 1. The first-order valence-corrected chi connectivity index (χ1v) is 8.17. The molecule has 28 heavy (non-hydrogen) atoms. The van der Waals surface area contributed by atoms with E-state index in [1.165, 1.54) is 55.8 Å². The molecule has 146 valence electrons. The molecule has 0 bridgehead atoms. The van der Waals surface area contributed by atoms with E-state index in [1.54, 1.807) is 0 Å². The molecule has 1 heterocycles. The van der Waals surface area contributed by atoms with Crippen molar-refractivity contribution in [3.05, 3.63) is 65.6 Å². The van der Waals surface area contributed by atoms with Gasteiger partial charge in [-0.05, 0) is 42.0 Å². The van der Waals surface area contributed by atoms with E-state index >= 15 is 0 Å². The van der Waals surface area contributed by atoms with Crippen LogP contribution >= 0.6 is 0 Å². The summed E-state index contributed by atoms with van der Waals surface area (Å²) in [6.45, 7) is -2.84. The average molecular weight is 391 g/mol. The van der Waals surface area contributed by atoms with Crippen LogP contribution in [0.5, 0.6) is 11.5 Å². The van der Waals surface area contributed by atoms with Crippen LogP contribution in [0.4, 0.5) is 13.2 Å². The number of amides is 1. The van der Waals surface area contributed by atoms with Gasteiger partial charge in [0.25, 0.3) is 5.91 Å². The lowest BCUT2D eigenvalue weighted by molar-refractivity contribution is -0.0512. The number of nitrogens with one attached hydrogen (secondary N) is 2. The van der Waals surface area contributed by atoms with Crippen LogP contribution in [0.3, 0.4) is 0 Å². The second kappa shape index (κ2) is 8.47. The van der Waals surface area contributed by atoms with Gasteiger partial charge in [-0.3, -0.25) is 9.89 Å². The predicted molar refractivity (Wildman–Crippen MR) is 94.8 cm³/mol. The molecule has 1 amide bonds. The fourth-order valence-electron chi connectivity index (χ4n) is 2.59. The molecule has 0 spiro atoms. The topological polar surface area (TPSA) is 76.2 Å². The van der Waals surface area contributed by atoms with Crippen molar-refractivity contribution < 1.29 is 27.4 Å². The van der Waals surface area contributed by atoms with Crippen LogP contribution in [0.1, 0.15) is 15.9 Å². The summed E-state index contributed by atoms with van der Waals surface area (Å²) in [5.74, 6) is -0.759. The molecule has 0 saturated heterocycles. The number of aromatic amines is 1. The van der Waals surface area contributed by atoms with Crippen molar-refractivity contribution in [1.29, 1.82) is 0 Å². The van der Waals surface area contributed by atoms with Crippen molar-refractivity contribution in [2.75, 3.05) is 7.11 Å². The number of aromatic nitrogens is 2. The molecule has 9 heteroatoms. The summed E-state index contributed by atoms with van der Waals surface area (Å²) in [5, 5.41) is 9.32. The number of carbonyl (C=O) groups excluding carboxylic acids is 1. The minimum Gasteiger partial charge on any atom is -0.493 e. The zero-order valence-electron chi connectivity index (χ0n) is 14.7. The number of halogens is 3. The minimum atomic E-state index is -2.97. The molecule has 3 aromatic rings. The monoisotopic (exact) mass is 391 g/mol. The Balaban J connectivity index is 1.71. The van der Waals surface area contributed by atoms with E-state index in [1.807, 2.05) is 0 Å². The maximum atomic E-state index is 13.1. The number of alkyl halides is 2. The quantitative estimate of drug-likeness (QED) is 0.643. The van der Waals surface area contributed by atoms with E-state index in [0.717, 1.165) is 0 Å². The fourth-order valence-corrected chi connectivity index (χ4v) is 2.59. The summed E-state index contributed by atoms with van der Waals surface area (Å²) in [6.07, 6.45) is 1.37. The Morgan fingerprint density at radius 3 is 2.61 bits per heavy atom. The lowest BCUT2D eigenvalue weighted by atomic mass is 10.1. The van der Waals surface area contributed by atoms with E-state index in [0.29, 0.717) is 16.8 Å². The van der Waals surface area contributed by atoms with Gasteiger partial charge in [0.15, 0.2) is 11.5 Å². The normalized spacial score (nSPS) is 10.8. The maximum absolute atomic E-state index is 13.1. The Bertz CT molecular complexity index is 959. The molecular weight excluding hydrogens is 375 g/mol. The summed E-state index contributed by atoms with van der Waals surface area (Å²) >= 11 is 0. The van der Waals surface area contributed by atoms with E-state index in [-0.39, 0.29) is 29.4 Å². The molecule has 0 atom stereocenters. The molecule has 0 aliphatic heterocycles. The molecule has 6 nitrogen and oxygen atoms in total. The van der Waals surface area contributed by atoms with Crippen LogP contribution in [-0.2, 0) is 6.54 Å². The molecule has 0 fully saturated rings.